The highest BCUT2D eigenvalue weighted by Gasteiger charge is 2.29. The number of benzene rings is 2. The zero-order chi connectivity index (χ0) is 27.4. The van der Waals surface area contributed by atoms with E-state index in [1.54, 1.807) is 50.2 Å². The summed E-state index contributed by atoms with van der Waals surface area (Å²) in [5.41, 5.74) is 1.19. The van der Waals surface area contributed by atoms with Gasteiger partial charge in [-0.25, -0.2) is 18.2 Å². The van der Waals surface area contributed by atoms with Crippen LogP contribution in [0.3, 0.4) is 0 Å². The normalized spacial score (nSPS) is 14.9. The number of halogens is 2. The van der Waals surface area contributed by atoms with Crippen molar-refractivity contribution in [1.82, 2.24) is 4.31 Å². The van der Waals surface area contributed by atoms with Crippen LogP contribution < -0.4 is 0 Å². The summed E-state index contributed by atoms with van der Waals surface area (Å²) in [6, 6.07) is 16.1. The van der Waals surface area contributed by atoms with Gasteiger partial charge in [-0.05, 0) is 67.9 Å². The number of aliphatic hydroxyl groups is 1. The summed E-state index contributed by atoms with van der Waals surface area (Å²) in [4.78, 5) is 16.5. The van der Waals surface area contributed by atoms with Crippen LogP contribution in [0.5, 0.6) is 0 Å². The summed E-state index contributed by atoms with van der Waals surface area (Å²) in [6.07, 6.45) is 1.46. The van der Waals surface area contributed by atoms with Crippen molar-refractivity contribution in [2.45, 2.75) is 31.8 Å². The smallest absolute Gasteiger partial charge is 0.343 e. The maximum Gasteiger partial charge on any atom is 0.343 e. The molecule has 0 amide bonds. The average molecular weight is 575 g/mol. The number of aliphatic hydroxyl groups excluding tert-OH is 1. The van der Waals surface area contributed by atoms with E-state index in [9.17, 15) is 18.3 Å². The molecule has 2 heterocycles. The number of rotatable bonds is 9. The minimum Gasteiger partial charge on any atom is -0.505 e. The molecule has 11 heteroatoms. The predicted molar refractivity (Wildman–Crippen MR) is 145 cm³/mol. The van der Waals surface area contributed by atoms with Crippen molar-refractivity contribution < 1.29 is 27.5 Å². The summed E-state index contributed by atoms with van der Waals surface area (Å²) in [5.74, 6) is -0.303. The summed E-state index contributed by atoms with van der Waals surface area (Å²) in [5, 5.41) is 11.5. The maximum absolute atomic E-state index is 13.5. The lowest BCUT2D eigenvalue weighted by molar-refractivity contribution is -0.138. The molecule has 2 aromatic carbocycles. The molecule has 0 spiro atoms. The molecule has 1 aromatic heterocycles. The second-order valence-corrected chi connectivity index (χ2v) is 11.1. The zero-order valence-corrected chi connectivity index (χ0v) is 22.8. The molecule has 1 N–H and O–H groups in total. The zero-order valence-electron chi connectivity index (χ0n) is 20.5. The number of ether oxygens (including phenoxy) is 1. The Morgan fingerprint density at radius 3 is 2.29 bits per heavy atom. The van der Waals surface area contributed by atoms with Crippen LogP contribution in [-0.2, 0) is 32.6 Å². The maximum atomic E-state index is 13.5. The molecular formula is C27H24Cl2N2O6S. The van der Waals surface area contributed by atoms with Gasteiger partial charge in [0.05, 0.1) is 23.8 Å². The van der Waals surface area contributed by atoms with Gasteiger partial charge >= 0.3 is 5.97 Å². The van der Waals surface area contributed by atoms with E-state index in [0.717, 1.165) is 5.56 Å². The Morgan fingerprint density at radius 1 is 1.03 bits per heavy atom. The van der Waals surface area contributed by atoms with Crippen molar-refractivity contribution >= 4 is 51.0 Å². The first-order valence-electron chi connectivity index (χ1n) is 11.6. The Balaban J connectivity index is 1.62. The number of esters is 1. The fourth-order valence-electron chi connectivity index (χ4n) is 3.78. The lowest BCUT2D eigenvalue weighted by atomic mass is 10.1. The molecule has 0 fully saturated rings. The topological polar surface area (TPSA) is 109 Å². The first-order valence-corrected chi connectivity index (χ1v) is 13.7. The highest BCUT2D eigenvalue weighted by Crippen LogP contribution is 2.28. The van der Waals surface area contributed by atoms with Crippen molar-refractivity contribution in [3.8, 4) is 0 Å². The summed E-state index contributed by atoms with van der Waals surface area (Å²) in [6.45, 7) is 3.41. The van der Waals surface area contributed by atoms with Gasteiger partial charge in [0.15, 0.2) is 5.76 Å². The summed E-state index contributed by atoms with van der Waals surface area (Å²) >= 11 is 11.9. The van der Waals surface area contributed by atoms with Crippen LogP contribution in [0.2, 0.25) is 10.0 Å². The summed E-state index contributed by atoms with van der Waals surface area (Å²) in [7, 11) is -3.93. The summed E-state index contributed by atoms with van der Waals surface area (Å²) < 4.78 is 39.2. The predicted octanol–water partition coefficient (Wildman–Crippen LogP) is 6.17. The number of aliphatic imine (C=N–C) groups is 1. The molecule has 198 valence electrons. The van der Waals surface area contributed by atoms with Crippen LogP contribution in [0.4, 0.5) is 0 Å². The van der Waals surface area contributed by atoms with Gasteiger partial charge in [-0.1, -0.05) is 35.3 Å². The SMILES string of the molecule is CCOC(=O)C1=C(O)/C(=C\c2ccc(CN(Cc3ccc(Cl)cc3)S(=O)(=O)c3ccc(Cl)cc3)o2)N=C1C. The molecule has 0 unspecified atom stereocenters. The first kappa shape index (κ1) is 27.7. The van der Waals surface area contributed by atoms with Gasteiger partial charge in [0, 0.05) is 22.7 Å². The largest absolute Gasteiger partial charge is 0.505 e. The first-order chi connectivity index (χ1) is 18.1. The molecule has 0 radical (unpaired) electrons. The van der Waals surface area contributed by atoms with Crippen LogP contribution in [-0.4, -0.2) is 36.1 Å². The van der Waals surface area contributed by atoms with E-state index in [2.05, 4.69) is 4.99 Å². The van der Waals surface area contributed by atoms with Gasteiger partial charge in [-0.2, -0.15) is 4.31 Å². The molecule has 0 aliphatic carbocycles. The third-order valence-electron chi connectivity index (χ3n) is 5.63. The van der Waals surface area contributed by atoms with Crippen molar-refractivity contribution in [1.29, 1.82) is 0 Å². The molecular weight excluding hydrogens is 551 g/mol. The third-order valence-corrected chi connectivity index (χ3v) is 7.94. The second-order valence-electron chi connectivity index (χ2n) is 8.33. The van der Waals surface area contributed by atoms with Crippen LogP contribution in [0.1, 0.15) is 30.9 Å². The van der Waals surface area contributed by atoms with Crippen LogP contribution in [0.25, 0.3) is 6.08 Å². The Morgan fingerprint density at radius 2 is 1.66 bits per heavy atom. The second kappa shape index (κ2) is 11.6. The third kappa shape index (κ3) is 6.19. The van der Waals surface area contributed by atoms with Crippen LogP contribution in [0, 0.1) is 0 Å². The Kier molecular flexibility index (Phi) is 8.42. The number of carbonyl (C=O) groups excluding carboxylic acids is 1. The Bertz CT molecular complexity index is 1540. The van der Waals surface area contributed by atoms with E-state index >= 15 is 0 Å². The van der Waals surface area contributed by atoms with Gasteiger partial charge in [0.1, 0.15) is 22.8 Å². The van der Waals surface area contributed by atoms with E-state index in [4.69, 9.17) is 32.4 Å². The lowest BCUT2D eigenvalue weighted by Crippen LogP contribution is -2.30. The monoisotopic (exact) mass is 574 g/mol. The molecule has 8 nitrogen and oxygen atoms in total. The fraction of sp³-hybridized carbons (Fsp3) is 0.185. The average Bonchev–Trinajstić information content (AvgIpc) is 3.43. The van der Waals surface area contributed by atoms with Gasteiger partial charge in [-0.15, -0.1) is 0 Å². The minimum atomic E-state index is -3.93. The highest BCUT2D eigenvalue weighted by molar-refractivity contribution is 7.89. The van der Waals surface area contributed by atoms with Gasteiger partial charge in [-0.3, -0.25) is 0 Å². The molecule has 4 rings (SSSR count). The van der Waals surface area contributed by atoms with E-state index in [0.29, 0.717) is 27.3 Å². The van der Waals surface area contributed by atoms with E-state index in [-0.39, 0.29) is 41.6 Å². The fourth-order valence-corrected chi connectivity index (χ4v) is 5.42. The molecule has 0 saturated heterocycles. The molecule has 1 aliphatic heterocycles. The Labute approximate surface area is 230 Å². The van der Waals surface area contributed by atoms with Crippen molar-refractivity contribution in [2.24, 2.45) is 4.99 Å². The van der Waals surface area contributed by atoms with E-state index in [1.165, 1.54) is 34.6 Å². The minimum absolute atomic E-state index is 0.00641. The number of sulfonamides is 1. The molecule has 0 atom stereocenters. The standard InChI is InChI=1S/C27H24Cl2N2O6S/c1-3-36-27(33)25-17(2)30-24(26(25)32)14-21-10-11-22(37-21)16-31(15-18-4-6-19(28)7-5-18)38(34,35)23-12-8-20(29)9-13-23/h4-14,32H,3,15-16H2,1-2H3/b24-14+. The number of furan rings is 1. The van der Waals surface area contributed by atoms with Gasteiger partial charge in [0.25, 0.3) is 0 Å². The quantitative estimate of drug-likeness (QED) is 0.306. The van der Waals surface area contributed by atoms with Crippen molar-refractivity contribution in [2.75, 3.05) is 6.61 Å². The lowest BCUT2D eigenvalue weighted by Gasteiger charge is -2.21. The molecule has 3 aromatic rings. The van der Waals surface area contributed by atoms with Crippen molar-refractivity contribution in [3.63, 3.8) is 0 Å². The van der Waals surface area contributed by atoms with Crippen LogP contribution >= 0.6 is 23.2 Å². The molecule has 0 bridgehead atoms. The number of carbonyl (C=O) groups is 1. The molecule has 38 heavy (non-hydrogen) atoms. The van der Waals surface area contributed by atoms with Crippen LogP contribution in [0.15, 0.2) is 92.0 Å². The molecule has 0 saturated carbocycles. The Hall–Kier alpha value is -3.37. The number of hydrogen-bond donors (Lipinski definition) is 1. The molecule has 1 aliphatic rings. The van der Waals surface area contributed by atoms with E-state index < -0.39 is 16.0 Å². The van der Waals surface area contributed by atoms with Crippen molar-refractivity contribution in [3.05, 3.63) is 105 Å². The highest BCUT2D eigenvalue weighted by atomic mass is 35.5. The van der Waals surface area contributed by atoms with E-state index in [1.807, 2.05) is 0 Å². The number of nitrogens with zero attached hydrogens (tertiary/aromatic N) is 2. The van der Waals surface area contributed by atoms with Gasteiger partial charge in [0.2, 0.25) is 10.0 Å². The van der Waals surface area contributed by atoms with Gasteiger partial charge < -0.3 is 14.3 Å². The number of hydrogen-bond acceptors (Lipinski definition) is 7.